The van der Waals surface area contributed by atoms with Gasteiger partial charge in [-0.1, -0.05) is 42.5 Å². The van der Waals surface area contributed by atoms with Gasteiger partial charge in [0.1, 0.15) is 0 Å². The highest BCUT2D eigenvalue weighted by atomic mass is 16.6. The molecule has 0 amide bonds. The number of hydrogen-bond acceptors (Lipinski definition) is 6. The topological polar surface area (TPSA) is 95.7 Å². The first-order chi connectivity index (χ1) is 11.5. The van der Waals surface area contributed by atoms with Gasteiger partial charge < -0.3 is 9.47 Å². The van der Waals surface area contributed by atoms with Crippen LogP contribution in [0.1, 0.15) is 11.5 Å². The molecule has 1 atom stereocenters. The summed E-state index contributed by atoms with van der Waals surface area (Å²) < 4.78 is 9.34. The van der Waals surface area contributed by atoms with E-state index in [0.717, 1.165) is 25.0 Å². The second-order valence-electron chi connectivity index (χ2n) is 5.21. The molecule has 126 valence electrons. The van der Waals surface area contributed by atoms with E-state index in [0.29, 0.717) is 5.56 Å². The molecular formula is C17H17NO6. The third kappa shape index (κ3) is 3.51. The molecule has 0 heterocycles. The lowest BCUT2D eigenvalue weighted by atomic mass is 9.83. The van der Waals surface area contributed by atoms with Gasteiger partial charge in [-0.3, -0.25) is 19.7 Å². The summed E-state index contributed by atoms with van der Waals surface area (Å²) in [5, 5.41) is 12.7. The number of rotatable bonds is 6. The molecule has 0 aliphatic heterocycles. The summed E-state index contributed by atoms with van der Waals surface area (Å²) in [6.07, 6.45) is 0. The van der Waals surface area contributed by atoms with Crippen LogP contribution >= 0.6 is 0 Å². The summed E-state index contributed by atoms with van der Waals surface area (Å²) in [6, 6.07) is 12.5. The van der Waals surface area contributed by atoms with Gasteiger partial charge in [0.25, 0.3) is 0 Å². The van der Waals surface area contributed by atoms with Gasteiger partial charge in [-0.25, -0.2) is 0 Å². The zero-order valence-corrected chi connectivity index (χ0v) is 13.3. The number of nitro groups is 1. The Bertz CT molecular complexity index is 751. The van der Waals surface area contributed by atoms with Gasteiger partial charge in [0.2, 0.25) is 6.54 Å². The number of carbonyl (C=O) groups excluding carboxylic acids is 2. The largest absolute Gasteiger partial charge is 0.468 e. The van der Waals surface area contributed by atoms with Gasteiger partial charge in [-0.2, -0.15) is 0 Å². The average molecular weight is 331 g/mol. The zero-order valence-electron chi connectivity index (χ0n) is 13.3. The molecule has 0 fully saturated rings. The van der Waals surface area contributed by atoms with E-state index in [1.807, 2.05) is 18.2 Å². The average Bonchev–Trinajstić information content (AvgIpc) is 2.59. The van der Waals surface area contributed by atoms with E-state index in [9.17, 15) is 19.7 Å². The number of ether oxygens (including phenoxy) is 2. The molecule has 0 N–H and O–H groups in total. The highest BCUT2D eigenvalue weighted by Gasteiger charge is 2.41. The minimum absolute atomic E-state index is 0.533. The van der Waals surface area contributed by atoms with Crippen molar-refractivity contribution in [3.05, 3.63) is 58.1 Å². The van der Waals surface area contributed by atoms with E-state index in [1.165, 1.54) is 0 Å². The van der Waals surface area contributed by atoms with Gasteiger partial charge in [0, 0.05) is 4.92 Å². The van der Waals surface area contributed by atoms with Crippen LogP contribution in [-0.4, -0.2) is 37.6 Å². The second kappa shape index (κ2) is 7.54. The normalized spacial score (nSPS) is 12.0. The van der Waals surface area contributed by atoms with Crippen molar-refractivity contribution in [2.75, 3.05) is 20.8 Å². The molecular weight excluding hydrogens is 314 g/mol. The van der Waals surface area contributed by atoms with E-state index in [-0.39, 0.29) is 0 Å². The number of nitrogens with zero attached hydrogens (tertiary/aromatic N) is 1. The minimum atomic E-state index is -1.41. The molecule has 7 heteroatoms. The molecule has 2 rings (SSSR count). The van der Waals surface area contributed by atoms with Crippen LogP contribution in [0.3, 0.4) is 0 Å². The van der Waals surface area contributed by atoms with Crippen molar-refractivity contribution in [1.29, 1.82) is 0 Å². The van der Waals surface area contributed by atoms with Crippen molar-refractivity contribution in [3.63, 3.8) is 0 Å². The summed E-state index contributed by atoms with van der Waals surface area (Å²) >= 11 is 0. The maximum Gasteiger partial charge on any atom is 0.320 e. The molecule has 0 saturated carbocycles. The Morgan fingerprint density at radius 3 is 2.21 bits per heavy atom. The van der Waals surface area contributed by atoms with Crippen LogP contribution in [0.5, 0.6) is 0 Å². The molecule has 2 aromatic carbocycles. The van der Waals surface area contributed by atoms with Crippen LogP contribution in [-0.2, 0) is 19.1 Å². The Morgan fingerprint density at radius 2 is 1.62 bits per heavy atom. The molecule has 0 aliphatic rings. The van der Waals surface area contributed by atoms with Crippen LogP contribution in [0.15, 0.2) is 42.5 Å². The summed E-state index contributed by atoms with van der Waals surface area (Å²) in [7, 11) is 2.26. The summed E-state index contributed by atoms with van der Waals surface area (Å²) in [5.41, 5.74) is 0.533. The Morgan fingerprint density at radius 1 is 1.04 bits per heavy atom. The zero-order chi connectivity index (χ0) is 17.7. The Kier molecular flexibility index (Phi) is 5.47. The lowest BCUT2D eigenvalue weighted by Gasteiger charge is -2.22. The van der Waals surface area contributed by atoms with E-state index < -0.39 is 35.2 Å². The number of esters is 2. The van der Waals surface area contributed by atoms with E-state index >= 15 is 0 Å². The fourth-order valence-corrected chi connectivity index (χ4v) is 2.80. The predicted molar refractivity (Wildman–Crippen MR) is 86.1 cm³/mol. The fourth-order valence-electron chi connectivity index (χ4n) is 2.80. The van der Waals surface area contributed by atoms with Crippen molar-refractivity contribution in [2.24, 2.45) is 5.92 Å². The molecule has 7 nitrogen and oxygen atoms in total. The standard InChI is InChI=1S/C17H17NO6/c1-23-16(19)15(17(20)24-2)14(10-18(21)22)13-9-5-7-11-6-3-4-8-12(11)13/h3-9,14-15H,10H2,1-2H3/t14-/m1/s1. The third-order valence-electron chi connectivity index (χ3n) is 3.88. The smallest absolute Gasteiger partial charge is 0.320 e. The first kappa shape index (κ1) is 17.4. The third-order valence-corrected chi connectivity index (χ3v) is 3.88. The minimum Gasteiger partial charge on any atom is -0.468 e. The van der Waals surface area contributed by atoms with Gasteiger partial charge in [-0.15, -0.1) is 0 Å². The lowest BCUT2D eigenvalue weighted by Crippen LogP contribution is -2.35. The predicted octanol–water partition coefficient (Wildman–Crippen LogP) is 2.16. The van der Waals surface area contributed by atoms with Gasteiger partial charge in [-0.05, 0) is 16.3 Å². The Balaban J connectivity index is 2.63. The molecule has 0 spiro atoms. The maximum atomic E-state index is 12.1. The van der Waals surface area contributed by atoms with Gasteiger partial charge >= 0.3 is 11.9 Å². The van der Waals surface area contributed by atoms with E-state index in [4.69, 9.17) is 0 Å². The van der Waals surface area contributed by atoms with Gasteiger partial charge in [0.05, 0.1) is 20.1 Å². The summed E-state index contributed by atoms with van der Waals surface area (Å²) in [5.74, 6) is -4.12. The van der Waals surface area contributed by atoms with Crippen molar-refractivity contribution in [3.8, 4) is 0 Å². The maximum absolute atomic E-state index is 12.1. The van der Waals surface area contributed by atoms with Crippen LogP contribution in [0.25, 0.3) is 10.8 Å². The summed E-state index contributed by atoms with van der Waals surface area (Å²) in [6.45, 7) is -0.594. The van der Waals surface area contributed by atoms with Crippen LogP contribution < -0.4 is 0 Å². The lowest BCUT2D eigenvalue weighted by molar-refractivity contribution is -0.484. The van der Waals surface area contributed by atoms with Crippen LogP contribution in [0.4, 0.5) is 0 Å². The fraction of sp³-hybridized carbons (Fsp3) is 0.294. The number of carbonyl (C=O) groups is 2. The molecule has 0 aliphatic carbocycles. The summed E-state index contributed by atoms with van der Waals surface area (Å²) in [4.78, 5) is 34.8. The number of fused-ring (bicyclic) bond motifs is 1. The monoisotopic (exact) mass is 331 g/mol. The van der Waals surface area contributed by atoms with Crippen molar-refractivity contribution < 1.29 is 24.0 Å². The molecule has 0 radical (unpaired) electrons. The molecule has 0 aromatic heterocycles. The Hall–Kier alpha value is -2.96. The van der Waals surface area contributed by atoms with E-state index in [1.54, 1.807) is 24.3 Å². The van der Waals surface area contributed by atoms with Gasteiger partial charge in [0.15, 0.2) is 5.92 Å². The first-order valence-electron chi connectivity index (χ1n) is 7.24. The molecule has 0 bridgehead atoms. The number of benzene rings is 2. The highest BCUT2D eigenvalue weighted by Crippen LogP contribution is 2.32. The highest BCUT2D eigenvalue weighted by molar-refractivity contribution is 5.97. The van der Waals surface area contributed by atoms with Crippen molar-refractivity contribution in [1.82, 2.24) is 0 Å². The van der Waals surface area contributed by atoms with Crippen molar-refractivity contribution in [2.45, 2.75) is 5.92 Å². The number of methoxy groups -OCH3 is 2. The number of hydrogen-bond donors (Lipinski definition) is 0. The first-order valence-corrected chi connectivity index (χ1v) is 7.24. The van der Waals surface area contributed by atoms with Crippen LogP contribution in [0, 0.1) is 16.0 Å². The van der Waals surface area contributed by atoms with E-state index in [2.05, 4.69) is 9.47 Å². The van der Waals surface area contributed by atoms with Crippen LogP contribution in [0.2, 0.25) is 0 Å². The van der Waals surface area contributed by atoms with Crippen molar-refractivity contribution >= 4 is 22.7 Å². The molecule has 0 saturated heterocycles. The molecule has 24 heavy (non-hydrogen) atoms. The second-order valence-corrected chi connectivity index (χ2v) is 5.21. The quantitative estimate of drug-likeness (QED) is 0.348. The molecule has 0 unspecified atom stereocenters. The SMILES string of the molecule is COC(=O)C(C(=O)OC)[C@H](C[N+](=O)[O-])c1cccc2ccccc12. The molecule has 2 aromatic rings. The Labute approximate surface area is 138 Å².